The predicted octanol–water partition coefficient (Wildman–Crippen LogP) is -5.66. The van der Waals surface area contributed by atoms with E-state index in [0.29, 0.717) is 68.3 Å². The number of aliphatic hydroxyl groups excluding tert-OH is 1. The standard InChI is InChI=1S/C65H98N20O14/c66-28-12-10-23-42(68)54(89)78-43(24-11-13-29-67)56(91)79-44(25-14-30-74-64(70)71)62(97)85-32-16-27-51(85)61(96)83-49(36-52(69)87)55(90)76-37-53(88)77-46(33-39-17-4-1-5-18-39)57(92)84-50(38-86)60(95)82-48(35-41-21-8-3-9-22-41)59(94)81-47(34-40-19-6-2-7-20-40)58(93)80-45(63(98)99)26-15-31-75-65(72)73/h1-9,17-22,42-51,86H,10-16,23-38,66-68H2,(H2,69,87)(H,76,90)(H,77,88)(H,78,89)(H,79,91)(H,80,93)(H,81,94)(H,82,95)(H,83,96)(H,84,92)(H,98,99)(H4,70,71,74)(H4,72,73,75). The van der Waals surface area contributed by atoms with Crippen LogP contribution in [0.25, 0.3) is 0 Å². The SMILES string of the molecule is NCCCCC(N)C(=O)NC(CCCCN)C(=O)NC(CCCN=C(N)N)C(=O)N1CCCC1C(=O)NC(CC(N)=O)C(=O)NCC(=O)NC(Cc1ccccc1)C(=O)NC(CO)C(=O)NC(Cc1ccccc1)C(=O)NC(Cc1ccccc1)C(=O)NC(CCCN=C(N)N)C(=O)O. The molecule has 3 aromatic rings. The van der Waals surface area contributed by atoms with Gasteiger partial charge in [0, 0.05) is 38.9 Å². The maximum Gasteiger partial charge on any atom is 0.326 e. The van der Waals surface area contributed by atoms with Crippen LogP contribution in [0.5, 0.6) is 0 Å². The van der Waals surface area contributed by atoms with Crippen LogP contribution in [-0.2, 0) is 76.8 Å². The highest BCUT2D eigenvalue weighted by Gasteiger charge is 2.40. The van der Waals surface area contributed by atoms with E-state index in [2.05, 4.69) is 57.8 Å². The van der Waals surface area contributed by atoms with Gasteiger partial charge in [0.05, 0.1) is 25.6 Å². The first-order valence-electron chi connectivity index (χ1n) is 32.8. The van der Waals surface area contributed by atoms with Crippen molar-refractivity contribution in [3.63, 3.8) is 0 Å². The van der Waals surface area contributed by atoms with Gasteiger partial charge in [-0.15, -0.1) is 0 Å². The number of aliphatic carboxylic acids is 1. The molecule has 0 bridgehead atoms. The van der Waals surface area contributed by atoms with E-state index < -0.39 is 151 Å². The molecule has 34 heteroatoms. The van der Waals surface area contributed by atoms with Crippen LogP contribution < -0.4 is 93.7 Å². The molecule has 4 rings (SSSR count). The topological polar surface area (TPSA) is 590 Å². The highest BCUT2D eigenvalue weighted by molar-refractivity contribution is 5.99. The number of benzene rings is 3. The lowest BCUT2D eigenvalue weighted by Crippen LogP contribution is -2.60. The van der Waals surface area contributed by atoms with Crippen molar-refractivity contribution >= 4 is 82.9 Å². The molecule has 0 saturated carbocycles. The van der Waals surface area contributed by atoms with E-state index in [9.17, 15) is 67.7 Å². The van der Waals surface area contributed by atoms with E-state index in [-0.39, 0.29) is 89.3 Å². The maximum atomic E-state index is 14.5. The zero-order valence-corrected chi connectivity index (χ0v) is 55.5. The number of hydrogen-bond donors (Lipinski definition) is 19. The molecule has 3 aromatic carbocycles. The van der Waals surface area contributed by atoms with Gasteiger partial charge in [0.25, 0.3) is 0 Å². The average molecular weight is 1380 g/mol. The molecule has 10 atom stereocenters. The number of carboxylic acids is 1. The number of nitrogens with zero attached hydrogens (tertiary/aromatic N) is 3. The van der Waals surface area contributed by atoms with Gasteiger partial charge in [-0.05, 0) is 100 Å². The molecule has 542 valence electrons. The molecule has 99 heavy (non-hydrogen) atoms. The van der Waals surface area contributed by atoms with Crippen molar-refractivity contribution in [2.24, 2.45) is 55.9 Å². The molecule has 0 aromatic heterocycles. The van der Waals surface area contributed by atoms with E-state index in [1.54, 1.807) is 91.0 Å². The Morgan fingerprint density at radius 2 is 0.889 bits per heavy atom. The Morgan fingerprint density at radius 3 is 1.35 bits per heavy atom. The molecule has 1 saturated heterocycles. The lowest BCUT2D eigenvalue weighted by Gasteiger charge is -2.30. The van der Waals surface area contributed by atoms with E-state index in [1.165, 1.54) is 4.90 Å². The number of unbranched alkanes of at least 4 members (excludes halogenated alkanes) is 2. The van der Waals surface area contributed by atoms with Gasteiger partial charge in [0.15, 0.2) is 11.9 Å². The minimum Gasteiger partial charge on any atom is -0.480 e. The van der Waals surface area contributed by atoms with Crippen LogP contribution in [0.2, 0.25) is 0 Å². The van der Waals surface area contributed by atoms with Crippen LogP contribution >= 0.6 is 0 Å². The van der Waals surface area contributed by atoms with Gasteiger partial charge in [0.2, 0.25) is 65.0 Å². The highest BCUT2D eigenvalue weighted by Crippen LogP contribution is 2.21. The lowest BCUT2D eigenvalue weighted by atomic mass is 10.0. The van der Waals surface area contributed by atoms with Crippen molar-refractivity contribution in [3.8, 4) is 0 Å². The monoisotopic (exact) mass is 1380 g/mol. The fourth-order valence-electron chi connectivity index (χ4n) is 10.7. The van der Waals surface area contributed by atoms with E-state index in [4.69, 9.17) is 45.9 Å². The number of aliphatic imine (C=N–C) groups is 2. The molecule has 0 spiro atoms. The number of aliphatic hydroxyl groups is 1. The zero-order chi connectivity index (χ0) is 72.8. The molecule has 1 aliphatic heterocycles. The van der Waals surface area contributed by atoms with Gasteiger partial charge in [-0.1, -0.05) is 97.4 Å². The number of carbonyl (C=O) groups is 12. The number of amides is 11. The zero-order valence-electron chi connectivity index (χ0n) is 55.5. The van der Waals surface area contributed by atoms with Crippen LogP contribution in [0, 0.1) is 0 Å². The summed E-state index contributed by atoms with van der Waals surface area (Å²) in [7, 11) is 0. The van der Waals surface area contributed by atoms with Crippen LogP contribution in [0.1, 0.15) is 100 Å². The lowest BCUT2D eigenvalue weighted by molar-refractivity contribution is -0.143. The van der Waals surface area contributed by atoms with Crippen molar-refractivity contribution < 1.29 is 67.7 Å². The molecule has 11 amide bonds. The minimum absolute atomic E-state index is 0.0222. The number of guanidine groups is 2. The smallest absolute Gasteiger partial charge is 0.326 e. The average Bonchev–Trinajstić information content (AvgIpc) is 1.76. The van der Waals surface area contributed by atoms with Crippen molar-refractivity contribution in [1.82, 2.24) is 52.8 Å². The number of rotatable bonds is 45. The highest BCUT2D eigenvalue weighted by atomic mass is 16.4. The Morgan fingerprint density at radius 1 is 0.475 bits per heavy atom. The fraction of sp³-hybridized carbons (Fsp3) is 0.508. The number of nitrogens with one attached hydrogen (secondary N) is 9. The number of carbonyl (C=O) groups excluding carboxylic acids is 11. The second-order valence-electron chi connectivity index (χ2n) is 23.8. The normalized spacial score (nSPS) is 15.2. The van der Waals surface area contributed by atoms with Crippen molar-refractivity contribution in [2.45, 2.75) is 163 Å². The Labute approximate surface area is 573 Å². The molecular formula is C65H98N20O14. The van der Waals surface area contributed by atoms with Crippen molar-refractivity contribution in [2.75, 3.05) is 45.9 Å². The number of primary amides is 1. The summed E-state index contributed by atoms with van der Waals surface area (Å²) in [4.78, 5) is 174. The summed E-state index contributed by atoms with van der Waals surface area (Å²) in [5, 5.41) is 43.5. The fourth-order valence-corrected chi connectivity index (χ4v) is 10.7. The Kier molecular flexibility index (Phi) is 35.9. The molecular weight excluding hydrogens is 1280 g/mol. The Hall–Kier alpha value is -10.3. The molecule has 0 radical (unpaired) electrons. The Balaban J connectivity index is 1.51. The summed E-state index contributed by atoms with van der Waals surface area (Å²) in [5.41, 5.74) is 46.5. The quantitative estimate of drug-likeness (QED) is 0.0142. The largest absolute Gasteiger partial charge is 0.480 e. The molecule has 1 aliphatic rings. The first kappa shape index (κ1) is 81.1. The second-order valence-corrected chi connectivity index (χ2v) is 23.8. The molecule has 0 aliphatic carbocycles. The summed E-state index contributed by atoms with van der Waals surface area (Å²) in [6.07, 6.45) is 1.90. The molecule has 34 nitrogen and oxygen atoms in total. The third-order valence-corrected chi connectivity index (χ3v) is 15.9. The van der Waals surface area contributed by atoms with Gasteiger partial charge in [0.1, 0.15) is 54.4 Å². The van der Waals surface area contributed by atoms with Gasteiger partial charge in [-0.2, -0.15) is 0 Å². The molecule has 27 N–H and O–H groups in total. The van der Waals surface area contributed by atoms with E-state index >= 15 is 0 Å². The van der Waals surface area contributed by atoms with Gasteiger partial charge < -0.3 is 109 Å². The third kappa shape index (κ3) is 29.9. The van der Waals surface area contributed by atoms with Crippen LogP contribution in [0.4, 0.5) is 0 Å². The summed E-state index contributed by atoms with van der Waals surface area (Å²) >= 11 is 0. The third-order valence-electron chi connectivity index (χ3n) is 15.9. The van der Waals surface area contributed by atoms with Crippen LogP contribution in [0.3, 0.4) is 0 Å². The molecule has 1 fully saturated rings. The van der Waals surface area contributed by atoms with Gasteiger partial charge in [-0.25, -0.2) is 4.79 Å². The first-order chi connectivity index (χ1) is 47.3. The van der Waals surface area contributed by atoms with Crippen LogP contribution in [-0.4, -0.2) is 204 Å². The number of likely N-dealkylation sites (tertiary alicyclic amines) is 1. The minimum atomic E-state index is -1.79. The summed E-state index contributed by atoms with van der Waals surface area (Å²) in [6, 6.07) is 11.2. The summed E-state index contributed by atoms with van der Waals surface area (Å²) in [6.45, 7) is -1.05. The van der Waals surface area contributed by atoms with Crippen molar-refractivity contribution in [3.05, 3.63) is 108 Å². The van der Waals surface area contributed by atoms with Gasteiger partial charge >= 0.3 is 5.97 Å². The summed E-state index contributed by atoms with van der Waals surface area (Å²) < 4.78 is 0. The van der Waals surface area contributed by atoms with Gasteiger partial charge in [-0.3, -0.25) is 62.7 Å². The van der Waals surface area contributed by atoms with Crippen LogP contribution in [0.15, 0.2) is 101 Å². The molecule has 10 unspecified atom stereocenters. The predicted molar refractivity (Wildman–Crippen MR) is 366 cm³/mol. The molecule has 1 heterocycles. The van der Waals surface area contributed by atoms with E-state index in [1.807, 2.05) is 0 Å². The first-order valence-corrected chi connectivity index (χ1v) is 32.8. The van der Waals surface area contributed by atoms with E-state index in [0.717, 1.165) is 0 Å². The number of carboxylic acid groups (broad SMARTS) is 1. The maximum absolute atomic E-state index is 14.5. The number of hydrogen-bond acceptors (Lipinski definition) is 18. The second kappa shape index (κ2) is 43.8. The van der Waals surface area contributed by atoms with Crippen molar-refractivity contribution in [1.29, 1.82) is 0 Å². The Bertz CT molecular complexity index is 3200. The summed E-state index contributed by atoms with van der Waals surface area (Å²) in [5.74, 6) is -11.7. The number of nitrogens with two attached hydrogens (primary N) is 8.